The summed E-state index contributed by atoms with van der Waals surface area (Å²) in [4.78, 5) is 15.2. The van der Waals surface area contributed by atoms with Crippen molar-refractivity contribution < 1.29 is 13.9 Å². The van der Waals surface area contributed by atoms with E-state index in [-0.39, 0.29) is 24.5 Å². The van der Waals surface area contributed by atoms with Crippen molar-refractivity contribution in [2.75, 3.05) is 37.9 Å². The van der Waals surface area contributed by atoms with E-state index in [0.717, 1.165) is 0 Å². The highest BCUT2D eigenvalue weighted by atomic mass is 35.5. The molecule has 0 amide bonds. The Balaban J connectivity index is 1.89. The smallest absolute Gasteiger partial charge is 0.226 e. The molecule has 0 N–H and O–H groups in total. The summed E-state index contributed by atoms with van der Waals surface area (Å²) in [6, 6.07) is 0.134. The number of halogens is 2. The summed E-state index contributed by atoms with van der Waals surface area (Å²) in [5.74, 6) is 0.930. The van der Waals surface area contributed by atoms with Gasteiger partial charge in [0.25, 0.3) is 0 Å². The quantitative estimate of drug-likeness (QED) is 0.770. The maximum absolute atomic E-state index is 14.8. The summed E-state index contributed by atoms with van der Waals surface area (Å²) < 4.78 is 26.9. The highest BCUT2D eigenvalue weighted by Gasteiger charge is 2.45. The fourth-order valence-corrected chi connectivity index (χ4v) is 3.23. The van der Waals surface area contributed by atoms with Crippen molar-refractivity contribution in [2.45, 2.75) is 18.6 Å². The molecule has 1 unspecified atom stereocenters. The second kappa shape index (κ2) is 5.25. The largest absolute Gasteiger partial charge is 0.377 e. The van der Waals surface area contributed by atoms with Gasteiger partial charge < -0.3 is 18.9 Å². The van der Waals surface area contributed by atoms with E-state index in [2.05, 4.69) is 19.9 Å². The number of anilines is 1. The Morgan fingerprint density at radius 3 is 2.70 bits per heavy atom. The second-order valence-corrected chi connectivity index (χ2v) is 6.40. The first kappa shape index (κ1) is 15.0. The molecule has 124 valence electrons. The average Bonchev–Trinajstić information content (AvgIpc) is 2.82. The van der Waals surface area contributed by atoms with E-state index in [4.69, 9.17) is 21.1 Å². The normalized spacial score (nSPS) is 24.0. The maximum atomic E-state index is 14.8. The molecule has 2 saturated heterocycles. The molecule has 2 aromatic rings. The molecule has 0 aliphatic carbocycles. The van der Waals surface area contributed by atoms with E-state index < -0.39 is 5.67 Å². The Hall–Kier alpha value is -1.51. The molecule has 2 aromatic heterocycles. The van der Waals surface area contributed by atoms with Crippen LogP contribution in [-0.2, 0) is 22.2 Å². The van der Waals surface area contributed by atoms with E-state index in [0.29, 0.717) is 42.6 Å². The average molecular weight is 342 g/mol. The van der Waals surface area contributed by atoms with Crippen LogP contribution in [0.2, 0.25) is 5.28 Å². The number of hydrogen-bond acceptors (Lipinski definition) is 6. The van der Waals surface area contributed by atoms with Gasteiger partial charge in [-0.15, -0.1) is 0 Å². The predicted molar refractivity (Wildman–Crippen MR) is 82.5 cm³/mol. The summed E-state index contributed by atoms with van der Waals surface area (Å²) >= 11 is 6.09. The van der Waals surface area contributed by atoms with Gasteiger partial charge in [0.1, 0.15) is 0 Å². The van der Waals surface area contributed by atoms with Crippen molar-refractivity contribution in [3.8, 4) is 0 Å². The number of fused-ring (bicyclic) bond motifs is 1. The van der Waals surface area contributed by atoms with Crippen LogP contribution in [0, 0.1) is 0 Å². The van der Waals surface area contributed by atoms with Crippen molar-refractivity contribution in [1.29, 1.82) is 0 Å². The Kier molecular flexibility index (Phi) is 3.44. The van der Waals surface area contributed by atoms with Gasteiger partial charge in [0.15, 0.2) is 22.8 Å². The standard InChI is InChI=1S/C14H17ClFN5O2/c1-8-5-22-4-3-21(8)11-9-10(18-13(15)19-11)20(2)12(17-9)14(16)6-23-7-14/h8H,3-7H2,1-2H3. The third kappa shape index (κ3) is 2.28. The molecule has 4 heterocycles. The zero-order valence-electron chi connectivity index (χ0n) is 12.9. The molecule has 23 heavy (non-hydrogen) atoms. The summed E-state index contributed by atoms with van der Waals surface area (Å²) in [6.07, 6.45) is 0. The van der Waals surface area contributed by atoms with Crippen LogP contribution in [-0.4, -0.2) is 58.5 Å². The summed E-state index contributed by atoms with van der Waals surface area (Å²) in [5, 5.41) is 0.124. The molecule has 0 saturated carbocycles. The van der Waals surface area contributed by atoms with Crippen LogP contribution in [0.1, 0.15) is 12.7 Å². The van der Waals surface area contributed by atoms with Crippen LogP contribution >= 0.6 is 11.6 Å². The molecule has 9 heteroatoms. The van der Waals surface area contributed by atoms with Gasteiger partial charge in [0.2, 0.25) is 11.0 Å². The number of aryl methyl sites for hydroxylation is 1. The first-order chi connectivity index (χ1) is 11.0. The molecular formula is C14H17ClFN5O2. The van der Waals surface area contributed by atoms with Crippen LogP contribution in [0.3, 0.4) is 0 Å². The third-order valence-corrected chi connectivity index (χ3v) is 4.54. The zero-order valence-corrected chi connectivity index (χ0v) is 13.7. The minimum Gasteiger partial charge on any atom is -0.377 e. The van der Waals surface area contributed by atoms with E-state index in [1.165, 1.54) is 0 Å². The van der Waals surface area contributed by atoms with E-state index in [9.17, 15) is 4.39 Å². The topological polar surface area (TPSA) is 65.3 Å². The number of morpholine rings is 1. The molecule has 2 fully saturated rings. The molecule has 1 atom stereocenters. The number of imidazole rings is 1. The van der Waals surface area contributed by atoms with Crippen LogP contribution < -0.4 is 4.90 Å². The minimum atomic E-state index is -1.57. The van der Waals surface area contributed by atoms with Crippen LogP contribution in [0.15, 0.2) is 0 Å². The van der Waals surface area contributed by atoms with Gasteiger partial charge in [-0.3, -0.25) is 0 Å². The lowest BCUT2D eigenvalue weighted by atomic mass is 10.0. The molecule has 7 nitrogen and oxygen atoms in total. The first-order valence-corrected chi connectivity index (χ1v) is 7.89. The second-order valence-electron chi connectivity index (χ2n) is 6.06. The predicted octanol–water partition coefficient (Wildman–Crippen LogP) is 1.44. The Morgan fingerprint density at radius 1 is 1.26 bits per heavy atom. The van der Waals surface area contributed by atoms with Crippen molar-refractivity contribution in [3.05, 3.63) is 11.1 Å². The van der Waals surface area contributed by atoms with Crippen LogP contribution in [0.4, 0.5) is 10.2 Å². The van der Waals surface area contributed by atoms with Gasteiger partial charge in [0.05, 0.1) is 32.5 Å². The number of ether oxygens (including phenoxy) is 2. The fraction of sp³-hybridized carbons (Fsp3) is 0.643. The highest BCUT2D eigenvalue weighted by Crippen LogP contribution is 2.36. The van der Waals surface area contributed by atoms with Crippen molar-refractivity contribution in [3.63, 3.8) is 0 Å². The number of hydrogen-bond donors (Lipinski definition) is 0. The van der Waals surface area contributed by atoms with Crippen molar-refractivity contribution >= 4 is 28.6 Å². The molecule has 0 radical (unpaired) electrons. The fourth-order valence-electron chi connectivity index (χ4n) is 3.07. The third-order valence-electron chi connectivity index (χ3n) is 4.38. The molecule has 0 bridgehead atoms. The van der Waals surface area contributed by atoms with Gasteiger partial charge in [-0.25, -0.2) is 9.37 Å². The van der Waals surface area contributed by atoms with Crippen LogP contribution in [0.25, 0.3) is 11.2 Å². The van der Waals surface area contributed by atoms with Crippen LogP contribution in [0.5, 0.6) is 0 Å². The number of aromatic nitrogens is 4. The lowest BCUT2D eigenvalue weighted by Crippen LogP contribution is -2.44. The van der Waals surface area contributed by atoms with Gasteiger partial charge in [-0.05, 0) is 18.5 Å². The Bertz CT molecular complexity index is 763. The lowest BCUT2D eigenvalue weighted by molar-refractivity contribution is -0.141. The minimum absolute atomic E-state index is 0.00854. The van der Waals surface area contributed by atoms with Crippen molar-refractivity contribution in [2.24, 2.45) is 7.05 Å². The highest BCUT2D eigenvalue weighted by molar-refractivity contribution is 6.28. The van der Waals surface area contributed by atoms with Gasteiger partial charge in [-0.1, -0.05) is 0 Å². The van der Waals surface area contributed by atoms with Gasteiger partial charge in [0, 0.05) is 13.6 Å². The summed E-state index contributed by atoms with van der Waals surface area (Å²) in [6.45, 7) is 3.95. The maximum Gasteiger partial charge on any atom is 0.226 e. The Morgan fingerprint density at radius 2 is 2.04 bits per heavy atom. The molecule has 0 spiro atoms. The first-order valence-electron chi connectivity index (χ1n) is 7.51. The molecule has 2 aliphatic heterocycles. The molecule has 2 aliphatic rings. The number of rotatable bonds is 2. The van der Waals surface area contributed by atoms with E-state index >= 15 is 0 Å². The summed E-state index contributed by atoms with van der Waals surface area (Å²) in [5.41, 5.74) is -0.488. The monoisotopic (exact) mass is 341 g/mol. The number of nitrogens with zero attached hydrogens (tertiary/aromatic N) is 5. The SMILES string of the molecule is CC1COCCN1c1nc(Cl)nc2c1nc(C1(F)COC1)n2C. The molecule has 4 rings (SSSR count). The van der Waals surface area contributed by atoms with Crippen molar-refractivity contribution in [1.82, 2.24) is 19.5 Å². The van der Waals surface area contributed by atoms with Gasteiger partial charge in [-0.2, -0.15) is 9.97 Å². The van der Waals surface area contributed by atoms with E-state index in [1.54, 1.807) is 11.6 Å². The van der Waals surface area contributed by atoms with E-state index in [1.807, 2.05) is 6.92 Å². The number of alkyl halides is 1. The Labute approximate surface area is 137 Å². The molecule has 0 aromatic carbocycles. The van der Waals surface area contributed by atoms with Gasteiger partial charge >= 0.3 is 0 Å². The summed E-state index contributed by atoms with van der Waals surface area (Å²) in [7, 11) is 1.74. The zero-order chi connectivity index (χ0) is 16.2. The lowest BCUT2D eigenvalue weighted by Gasteiger charge is -2.34. The molecular weight excluding hydrogens is 325 g/mol.